The van der Waals surface area contributed by atoms with E-state index in [0.29, 0.717) is 28.1 Å². The molecule has 0 unspecified atom stereocenters. The van der Waals surface area contributed by atoms with E-state index in [9.17, 15) is 14.4 Å². The summed E-state index contributed by atoms with van der Waals surface area (Å²) >= 11 is 6.80. The van der Waals surface area contributed by atoms with Crippen molar-refractivity contribution < 1.29 is 19.1 Å². The van der Waals surface area contributed by atoms with E-state index in [-0.39, 0.29) is 5.57 Å². The van der Waals surface area contributed by atoms with Crippen LogP contribution in [0, 0.1) is 6.92 Å². The number of hydrogen-bond acceptors (Lipinski definition) is 4. The second-order valence-corrected chi connectivity index (χ2v) is 8.20. The molecule has 1 aliphatic rings. The predicted octanol–water partition coefficient (Wildman–Crippen LogP) is 4.98. The molecule has 2 aromatic rings. The lowest BCUT2D eigenvalue weighted by molar-refractivity contribution is -0.122. The van der Waals surface area contributed by atoms with E-state index in [1.54, 1.807) is 43.3 Å². The van der Waals surface area contributed by atoms with Crippen molar-refractivity contribution in [2.45, 2.75) is 20.3 Å². The van der Waals surface area contributed by atoms with E-state index < -0.39 is 17.8 Å². The Bertz CT molecular complexity index is 1030. The van der Waals surface area contributed by atoms with Gasteiger partial charge in [0, 0.05) is 4.47 Å². The van der Waals surface area contributed by atoms with Gasteiger partial charge in [0.15, 0.2) is 0 Å². The maximum Gasteiger partial charge on any atom is 0.335 e. The fourth-order valence-corrected chi connectivity index (χ4v) is 3.84. The number of amides is 4. The fourth-order valence-electron chi connectivity index (χ4n) is 2.85. The van der Waals surface area contributed by atoms with Crippen LogP contribution in [0.1, 0.15) is 24.5 Å². The molecule has 0 spiro atoms. The first kappa shape index (κ1) is 21.3. The minimum atomic E-state index is -0.771. The Labute approximate surface area is 185 Å². The van der Waals surface area contributed by atoms with Gasteiger partial charge in [-0.2, -0.15) is 0 Å². The molecule has 8 heteroatoms. The highest BCUT2D eigenvalue weighted by Crippen LogP contribution is 2.30. The van der Waals surface area contributed by atoms with Crippen molar-refractivity contribution >= 4 is 61.5 Å². The van der Waals surface area contributed by atoms with Crippen LogP contribution >= 0.6 is 31.9 Å². The maximum absolute atomic E-state index is 13.0. The van der Waals surface area contributed by atoms with Crippen LogP contribution in [0.4, 0.5) is 10.5 Å². The van der Waals surface area contributed by atoms with E-state index in [2.05, 4.69) is 37.2 Å². The Morgan fingerprint density at radius 3 is 2.52 bits per heavy atom. The highest BCUT2D eigenvalue weighted by molar-refractivity contribution is 9.10. The molecule has 0 radical (unpaired) electrons. The lowest BCUT2D eigenvalue weighted by Crippen LogP contribution is -2.54. The average Bonchev–Trinajstić information content (AvgIpc) is 2.66. The molecule has 1 aliphatic heterocycles. The molecule has 1 fully saturated rings. The monoisotopic (exact) mass is 520 g/mol. The third kappa shape index (κ3) is 4.59. The molecule has 3 rings (SSSR count). The minimum Gasteiger partial charge on any atom is -0.492 e. The Morgan fingerprint density at radius 2 is 1.86 bits per heavy atom. The molecule has 150 valence electrons. The molecule has 4 amide bonds. The number of carbonyl (C=O) groups is 3. The number of nitrogens with zero attached hydrogens (tertiary/aromatic N) is 1. The smallest absolute Gasteiger partial charge is 0.335 e. The van der Waals surface area contributed by atoms with Gasteiger partial charge in [0.05, 0.1) is 16.8 Å². The fraction of sp³-hybridized carbons (Fsp3) is 0.190. The SMILES string of the molecule is CCCOc1ccc(/C=C2/C(=O)NC(=O)N(c3ccc(Br)cc3C)C2=O)cc1Br. The van der Waals surface area contributed by atoms with Crippen LogP contribution in [0.15, 0.2) is 50.9 Å². The van der Waals surface area contributed by atoms with Crippen LogP contribution in [0.2, 0.25) is 0 Å². The van der Waals surface area contributed by atoms with Crippen molar-refractivity contribution in [3.05, 3.63) is 62.0 Å². The van der Waals surface area contributed by atoms with Gasteiger partial charge in [-0.15, -0.1) is 0 Å². The van der Waals surface area contributed by atoms with Gasteiger partial charge in [-0.25, -0.2) is 9.69 Å². The summed E-state index contributed by atoms with van der Waals surface area (Å²) < 4.78 is 7.15. The van der Waals surface area contributed by atoms with Gasteiger partial charge in [-0.3, -0.25) is 14.9 Å². The molecule has 1 saturated heterocycles. The summed E-state index contributed by atoms with van der Waals surface area (Å²) in [4.78, 5) is 38.7. The quantitative estimate of drug-likeness (QED) is 0.445. The van der Waals surface area contributed by atoms with Crippen molar-refractivity contribution in [1.29, 1.82) is 0 Å². The second kappa shape index (κ2) is 8.92. The second-order valence-electron chi connectivity index (χ2n) is 6.43. The molecular formula is C21H18Br2N2O4. The predicted molar refractivity (Wildman–Crippen MR) is 118 cm³/mol. The molecule has 0 aliphatic carbocycles. The van der Waals surface area contributed by atoms with Crippen molar-refractivity contribution in [2.24, 2.45) is 0 Å². The topological polar surface area (TPSA) is 75.7 Å². The van der Waals surface area contributed by atoms with Crippen molar-refractivity contribution in [3.63, 3.8) is 0 Å². The first-order valence-corrected chi connectivity index (χ1v) is 10.5. The standard InChI is InChI=1S/C21H18Br2N2O4/c1-3-8-29-18-7-4-13(11-16(18)23)10-15-19(26)24-21(28)25(20(15)27)17-6-5-14(22)9-12(17)2/h4-7,9-11H,3,8H2,1-2H3,(H,24,26,28)/b15-10-. The van der Waals surface area contributed by atoms with Gasteiger partial charge in [0.1, 0.15) is 11.3 Å². The summed E-state index contributed by atoms with van der Waals surface area (Å²) in [5.74, 6) is -0.726. The molecule has 0 bridgehead atoms. The Balaban J connectivity index is 1.96. The Kier molecular flexibility index (Phi) is 6.54. The number of carbonyl (C=O) groups excluding carboxylic acids is 3. The van der Waals surface area contributed by atoms with E-state index in [1.165, 1.54) is 6.08 Å². The van der Waals surface area contributed by atoms with Gasteiger partial charge in [-0.1, -0.05) is 28.9 Å². The number of barbiturate groups is 1. The van der Waals surface area contributed by atoms with Gasteiger partial charge in [0.25, 0.3) is 11.8 Å². The number of imide groups is 2. The van der Waals surface area contributed by atoms with Crippen LogP contribution in [-0.2, 0) is 9.59 Å². The van der Waals surface area contributed by atoms with E-state index >= 15 is 0 Å². The number of anilines is 1. The third-order valence-corrected chi connectivity index (χ3v) is 5.34. The number of ether oxygens (including phenoxy) is 1. The molecule has 6 nitrogen and oxygen atoms in total. The number of aryl methyl sites for hydroxylation is 1. The van der Waals surface area contributed by atoms with Crippen molar-refractivity contribution in [3.8, 4) is 5.75 Å². The highest BCUT2D eigenvalue weighted by atomic mass is 79.9. The number of halogens is 2. The first-order chi connectivity index (χ1) is 13.8. The van der Waals surface area contributed by atoms with E-state index in [4.69, 9.17) is 4.74 Å². The molecular weight excluding hydrogens is 504 g/mol. The summed E-state index contributed by atoms with van der Waals surface area (Å²) in [6.07, 6.45) is 2.34. The first-order valence-electron chi connectivity index (χ1n) is 8.91. The lowest BCUT2D eigenvalue weighted by Gasteiger charge is -2.27. The number of hydrogen-bond donors (Lipinski definition) is 1. The highest BCUT2D eigenvalue weighted by Gasteiger charge is 2.37. The summed E-state index contributed by atoms with van der Waals surface area (Å²) in [6, 6.07) is 9.67. The third-order valence-electron chi connectivity index (χ3n) is 4.23. The number of rotatable bonds is 5. The van der Waals surface area contributed by atoms with E-state index in [0.717, 1.165) is 21.4 Å². The average molecular weight is 522 g/mol. The van der Waals surface area contributed by atoms with Gasteiger partial charge >= 0.3 is 6.03 Å². The normalized spacial score (nSPS) is 15.7. The Hall–Kier alpha value is -2.45. The molecule has 0 atom stereocenters. The molecule has 1 N–H and O–H groups in total. The molecule has 29 heavy (non-hydrogen) atoms. The lowest BCUT2D eigenvalue weighted by atomic mass is 10.1. The minimum absolute atomic E-state index is 0.124. The largest absolute Gasteiger partial charge is 0.492 e. The van der Waals surface area contributed by atoms with Gasteiger partial charge in [0.2, 0.25) is 0 Å². The van der Waals surface area contributed by atoms with Crippen LogP contribution in [0.3, 0.4) is 0 Å². The summed E-state index contributed by atoms with van der Waals surface area (Å²) in [5.41, 5.74) is 1.64. The zero-order valence-corrected chi connectivity index (χ0v) is 19.0. The zero-order chi connectivity index (χ0) is 21.1. The zero-order valence-electron chi connectivity index (χ0n) is 15.8. The summed E-state index contributed by atoms with van der Waals surface area (Å²) in [7, 11) is 0. The molecule has 0 saturated carbocycles. The van der Waals surface area contributed by atoms with Crippen LogP contribution in [0.25, 0.3) is 6.08 Å². The summed E-state index contributed by atoms with van der Waals surface area (Å²) in [5, 5.41) is 2.24. The van der Waals surface area contributed by atoms with Crippen molar-refractivity contribution in [2.75, 3.05) is 11.5 Å². The van der Waals surface area contributed by atoms with Crippen LogP contribution < -0.4 is 15.0 Å². The number of nitrogens with one attached hydrogen (secondary N) is 1. The van der Waals surface area contributed by atoms with E-state index in [1.807, 2.05) is 6.92 Å². The molecule has 2 aromatic carbocycles. The number of benzene rings is 2. The van der Waals surface area contributed by atoms with Gasteiger partial charge < -0.3 is 4.74 Å². The maximum atomic E-state index is 13.0. The van der Waals surface area contributed by atoms with Crippen LogP contribution in [0.5, 0.6) is 5.75 Å². The van der Waals surface area contributed by atoms with Crippen LogP contribution in [-0.4, -0.2) is 24.5 Å². The van der Waals surface area contributed by atoms with Crippen molar-refractivity contribution in [1.82, 2.24) is 5.32 Å². The Morgan fingerprint density at radius 1 is 1.10 bits per heavy atom. The summed E-state index contributed by atoms with van der Waals surface area (Å²) in [6.45, 7) is 4.39. The molecule has 1 heterocycles. The van der Waals surface area contributed by atoms with Gasteiger partial charge in [-0.05, 0) is 76.8 Å². The molecule has 0 aromatic heterocycles. The number of urea groups is 1.